The predicted octanol–water partition coefficient (Wildman–Crippen LogP) is 0.730. The minimum absolute atomic E-state index is 0.121. The first-order chi connectivity index (χ1) is 10.2. The molecule has 1 atom stereocenters. The molecule has 1 rings (SSSR count). The van der Waals surface area contributed by atoms with Crippen LogP contribution in [0.5, 0.6) is 0 Å². The molecule has 0 heterocycles. The first kappa shape index (κ1) is 17.3. The van der Waals surface area contributed by atoms with Crippen LogP contribution in [0, 0.1) is 0 Å². The van der Waals surface area contributed by atoms with Crippen molar-refractivity contribution in [3.05, 3.63) is 35.4 Å². The van der Waals surface area contributed by atoms with E-state index in [9.17, 15) is 4.79 Å². The molecular formula is C15H25N3O3. The number of nitrogens with two attached hydrogens (primary N) is 1. The van der Waals surface area contributed by atoms with Gasteiger partial charge in [-0.1, -0.05) is 18.2 Å². The summed E-state index contributed by atoms with van der Waals surface area (Å²) in [5, 5.41) is 2.96. The Hall–Kier alpha value is -1.79. The van der Waals surface area contributed by atoms with E-state index in [2.05, 4.69) is 11.4 Å². The highest BCUT2D eigenvalue weighted by molar-refractivity contribution is 5.71. The number of nitrogens with one attached hydrogen (secondary N) is 1. The van der Waals surface area contributed by atoms with Crippen LogP contribution in [-0.2, 0) is 14.3 Å². The second-order valence-corrected chi connectivity index (χ2v) is 4.66. The van der Waals surface area contributed by atoms with Crippen molar-refractivity contribution in [3.8, 4) is 0 Å². The van der Waals surface area contributed by atoms with E-state index in [1.54, 1.807) is 7.11 Å². The molecule has 1 aliphatic rings. The van der Waals surface area contributed by atoms with Gasteiger partial charge >= 0.3 is 0 Å². The molecule has 0 saturated heterocycles. The average molecular weight is 295 g/mol. The number of hydrogen-bond donors (Lipinski definition) is 2. The fourth-order valence-electron chi connectivity index (χ4n) is 1.91. The van der Waals surface area contributed by atoms with Gasteiger partial charge in [0.05, 0.1) is 12.8 Å². The largest absolute Gasteiger partial charge is 0.482 e. The molecule has 0 aromatic rings. The summed E-state index contributed by atoms with van der Waals surface area (Å²) >= 11 is 0. The minimum Gasteiger partial charge on any atom is -0.482 e. The first-order valence-electron chi connectivity index (χ1n) is 7.03. The third-order valence-corrected chi connectivity index (χ3v) is 3.30. The van der Waals surface area contributed by atoms with Crippen LogP contribution in [0.25, 0.3) is 0 Å². The summed E-state index contributed by atoms with van der Waals surface area (Å²) in [6, 6.07) is 0. The van der Waals surface area contributed by atoms with Crippen molar-refractivity contribution < 1.29 is 14.3 Å². The molecule has 3 N–H and O–H groups in total. The van der Waals surface area contributed by atoms with E-state index in [0.29, 0.717) is 18.7 Å². The van der Waals surface area contributed by atoms with Crippen molar-refractivity contribution in [2.75, 3.05) is 34.0 Å². The zero-order valence-corrected chi connectivity index (χ0v) is 13.0. The van der Waals surface area contributed by atoms with Crippen LogP contribution in [0.4, 0.5) is 0 Å². The highest BCUT2D eigenvalue weighted by Gasteiger charge is 2.13. The van der Waals surface area contributed by atoms with Gasteiger partial charge in [-0.2, -0.15) is 0 Å². The molecule has 0 fully saturated rings. The Kier molecular flexibility index (Phi) is 7.56. The topological polar surface area (TPSA) is 76.8 Å². The molecule has 1 unspecified atom stereocenters. The van der Waals surface area contributed by atoms with E-state index in [1.165, 1.54) is 0 Å². The van der Waals surface area contributed by atoms with Gasteiger partial charge in [-0.25, -0.2) is 0 Å². The number of methoxy groups -OCH3 is 1. The average Bonchev–Trinajstić information content (AvgIpc) is 2.54. The van der Waals surface area contributed by atoms with Crippen molar-refractivity contribution in [1.29, 1.82) is 0 Å². The molecule has 0 aromatic carbocycles. The number of hydrogen-bond acceptors (Lipinski definition) is 6. The summed E-state index contributed by atoms with van der Waals surface area (Å²) in [7, 11) is 3.55. The van der Waals surface area contributed by atoms with Crippen LogP contribution in [0.2, 0.25) is 0 Å². The summed E-state index contributed by atoms with van der Waals surface area (Å²) in [6.07, 6.45) is 7.63. The summed E-state index contributed by atoms with van der Waals surface area (Å²) in [4.78, 5) is 13.1. The molecule has 0 saturated carbocycles. The van der Waals surface area contributed by atoms with Crippen molar-refractivity contribution >= 4 is 6.29 Å². The molecule has 21 heavy (non-hydrogen) atoms. The van der Waals surface area contributed by atoms with Gasteiger partial charge in [0.15, 0.2) is 12.0 Å². The van der Waals surface area contributed by atoms with Gasteiger partial charge in [0, 0.05) is 20.7 Å². The SMILES string of the molecule is CCN(C)/C(NCN)=C(\C=O)OCC1=CCC(OC)C=C1. The van der Waals surface area contributed by atoms with E-state index in [0.717, 1.165) is 18.5 Å². The number of carbonyl (C=O) groups excluding carboxylic acids is 1. The molecule has 0 aromatic heterocycles. The molecular weight excluding hydrogens is 270 g/mol. The predicted molar refractivity (Wildman–Crippen MR) is 82.2 cm³/mol. The van der Waals surface area contributed by atoms with E-state index in [4.69, 9.17) is 15.2 Å². The summed E-state index contributed by atoms with van der Waals surface area (Å²) < 4.78 is 10.9. The van der Waals surface area contributed by atoms with Gasteiger partial charge in [-0.3, -0.25) is 4.79 Å². The normalized spacial score (nSPS) is 18.7. The van der Waals surface area contributed by atoms with Crippen LogP contribution in [-0.4, -0.2) is 51.3 Å². The van der Waals surface area contributed by atoms with Gasteiger partial charge in [0.1, 0.15) is 12.4 Å². The van der Waals surface area contributed by atoms with Crippen molar-refractivity contribution in [3.63, 3.8) is 0 Å². The van der Waals surface area contributed by atoms with E-state index in [1.807, 2.05) is 31.0 Å². The Morgan fingerprint density at radius 3 is 2.86 bits per heavy atom. The molecule has 0 radical (unpaired) electrons. The third-order valence-electron chi connectivity index (χ3n) is 3.30. The fraction of sp³-hybridized carbons (Fsp3) is 0.533. The molecule has 0 amide bonds. The maximum atomic E-state index is 11.3. The second kappa shape index (κ2) is 9.20. The van der Waals surface area contributed by atoms with Crippen LogP contribution in [0.1, 0.15) is 13.3 Å². The number of ether oxygens (including phenoxy) is 2. The number of aldehydes is 1. The van der Waals surface area contributed by atoms with Crippen LogP contribution < -0.4 is 11.1 Å². The Balaban J connectivity index is 2.71. The maximum Gasteiger partial charge on any atom is 0.199 e. The van der Waals surface area contributed by atoms with Crippen LogP contribution >= 0.6 is 0 Å². The number of allylic oxidation sites excluding steroid dienone is 1. The van der Waals surface area contributed by atoms with Crippen molar-refractivity contribution in [1.82, 2.24) is 10.2 Å². The number of carbonyl (C=O) groups is 1. The van der Waals surface area contributed by atoms with E-state index >= 15 is 0 Å². The molecule has 6 nitrogen and oxygen atoms in total. The smallest absolute Gasteiger partial charge is 0.199 e. The lowest BCUT2D eigenvalue weighted by Crippen LogP contribution is -2.34. The highest BCUT2D eigenvalue weighted by Crippen LogP contribution is 2.15. The number of rotatable bonds is 9. The van der Waals surface area contributed by atoms with E-state index in [-0.39, 0.29) is 18.5 Å². The van der Waals surface area contributed by atoms with Gasteiger partial charge in [0.25, 0.3) is 0 Å². The Morgan fingerprint density at radius 1 is 1.62 bits per heavy atom. The minimum atomic E-state index is 0.121. The maximum absolute atomic E-state index is 11.3. The Labute approximate surface area is 126 Å². The fourth-order valence-corrected chi connectivity index (χ4v) is 1.91. The number of nitrogens with zero attached hydrogens (tertiary/aromatic N) is 1. The zero-order chi connectivity index (χ0) is 15.7. The Morgan fingerprint density at radius 2 is 2.38 bits per heavy atom. The van der Waals surface area contributed by atoms with E-state index < -0.39 is 0 Å². The lowest BCUT2D eigenvalue weighted by Gasteiger charge is -2.23. The molecule has 0 aliphatic heterocycles. The Bertz CT molecular complexity index is 430. The molecule has 118 valence electrons. The molecule has 1 aliphatic carbocycles. The second-order valence-electron chi connectivity index (χ2n) is 4.66. The van der Waals surface area contributed by atoms with Gasteiger partial charge < -0.3 is 25.4 Å². The molecule has 0 bridgehead atoms. The monoisotopic (exact) mass is 295 g/mol. The lowest BCUT2D eigenvalue weighted by atomic mass is 10.1. The van der Waals surface area contributed by atoms with Crippen LogP contribution in [0.15, 0.2) is 35.4 Å². The van der Waals surface area contributed by atoms with Crippen LogP contribution in [0.3, 0.4) is 0 Å². The standard InChI is InChI=1S/C15H25N3O3/c1-4-18(2)15(17-11-16)14(9-19)21-10-12-5-7-13(20-3)8-6-12/h5-7,9,13,17H,4,8,10-11,16H2,1-3H3/b15-14+. The highest BCUT2D eigenvalue weighted by atomic mass is 16.5. The zero-order valence-electron chi connectivity index (χ0n) is 13.0. The summed E-state index contributed by atoms with van der Waals surface area (Å²) in [5.41, 5.74) is 6.53. The third kappa shape index (κ3) is 5.24. The summed E-state index contributed by atoms with van der Waals surface area (Å²) in [6.45, 7) is 3.30. The molecule has 0 spiro atoms. The van der Waals surface area contributed by atoms with Gasteiger partial charge in [-0.05, 0) is 18.9 Å². The van der Waals surface area contributed by atoms with Crippen molar-refractivity contribution in [2.24, 2.45) is 5.73 Å². The quantitative estimate of drug-likeness (QED) is 0.283. The van der Waals surface area contributed by atoms with Gasteiger partial charge in [-0.15, -0.1) is 0 Å². The van der Waals surface area contributed by atoms with Gasteiger partial charge in [0.2, 0.25) is 0 Å². The van der Waals surface area contributed by atoms with Crippen molar-refractivity contribution in [2.45, 2.75) is 19.4 Å². The summed E-state index contributed by atoms with van der Waals surface area (Å²) in [5.74, 6) is 0.859. The lowest BCUT2D eigenvalue weighted by molar-refractivity contribution is -0.108. The first-order valence-corrected chi connectivity index (χ1v) is 7.03. The molecule has 6 heteroatoms.